The smallest absolute Gasteiger partial charge is 0.0434 e. The van der Waals surface area contributed by atoms with Crippen molar-refractivity contribution < 1.29 is 5.11 Å². The molecule has 2 N–H and O–H groups in total. The van der Waals surface area contributed by atoms with E-state index in [0.717, 1.165) is 13.0 Å². The van der Waals surface area contributed by atoms with Gasteiger partial charge in [-0.2, -0.15) is 0 Å². The molecule has 0 heterocycles. The number of benzene rings is 1. The van der Waals surface area contributed by atoms with Gasteiger partial charge in [0.1, 0.15) is 0 Å². The maximum Gasteiger partial charge on any atom is 0.0434 e. The van der Waals surface area contributed by atoms with E-state index >= 15 is 0 Å². The monoisotopic (exact) mass is 291 g/mol. The molecule has 2 unspecified atom stereocenters. The minimum absolute atomic E-state index is 0.298. The number of aliphatic hydroxyl groups excluding tert-OH is 1. The summed E-state index contributed by atoms with van der Waals surface area (Å²) in [6.07, 6.45) is 7.00. The number of aliphatic hydroxyl groups is 1. The van der Waals surface area contributed by atoms with Crippen molar-refractivity contribution in [1.29, 1.82) is 0 Å². The van der Waals surface area contributed by atoms with E-state index in [1.807, 2.05) is 0 Å². The van der Waals surface area contributed by atoms with E-state index < -0.39 is 0 Å². The first kappa shape index (κ1) is 18.2. The van der Waals surface area contributed by atoms with E-state index in [2.05, 4.69) is 50.4 Å². The Labute approximate surface area is 131 Å². The van der Waals surface area contributed by atoms with Gasteiger partial charge in [0.25, 0.3) is 0 Å². The van der Waals surface area contributed by atoms with E-state index in [-0.39, 0.29) is 0 Å². The largest absolute Gasteiger partial charge is 0.396 e. The highest BCUT2D eigenvalue weighted by atomic mass is 16.3. The van der Waals surface area contributed by atoms with Gasteiger partial charge in [-0.1, -0.05) is 51.0 Å². The van der Waals surface area contributed by atoms with Crippen LogP contribution < -0.4 is 5.32 Å². The van der Waals surface area contributed by atoms with E-state index in [4.69, 9.17) is 5.11 Å². The lowest BCUT2D eigenvalue weighted by Gasteiger charge is -2.20. The van der Waals surface area contributed by atoms with Crippen LogP contribution in [0.1, 0.15) is 70.0 Å². The van der Waals surface area contributed by atoms with Crippen LogP contribution >= 0.6 is 0 Å². The Morgan fingerprint density at radius 3 is 2.33 bits per heavy atom. The summed E-state index contributed by atoms with van der Waals surface area (Å²) in [5, 5.41) is 12.7. The standard InChI is InChI=1S/C19H33NO/c1-4-6-8-17-9-11-19(12-10-17)16(3)20-15-18(7-5-2)13-14-21/h9-12,16,18,20-21H,4-8,13-15H2,1-3H3. The highest BCUT2D eigenvalue weighted by molar-refractivity contribution is 5.24. The molecular formula is C19H33NO. The topological polar surface area (TPSA) is 32.3 Å². The first-order valence-corrected chi connectivity index (χ1v) is 8.64. The molecule has 120 valence electrons. The van der Waals surface area contributed by atoms with Gasteiger partial charge in [-0.3, -0.25) is 0 Å². The van der Waals surface area contributed by atoms with Crippen molar-refractivity contribution in [3.8, 4) is 0 Å². The zero-order chi connectivity index (χ0) is 15.5. The number of nitrogens with one attached hydrogen (secondary N) is 1. The molecule has 1 aromatic carbocycles. The number of unbranched alkanes of at least 4 members (excludes halogenated alkanes) is 1. The summed E-state index contributed by atoms with van der Waals surface area (Å²) >= 11 is 0. The van der Waals surface area contributed by atoms with Crippen molar-refractivity contribution in [1.82, 2.24) is 5.32 Å². The van der Waals surface area contributed by atoms with Crippen molar-refractivity contribution in [3.63, 3.8) is 0 Å². The van der Waals surface area contributed by atoms with Crippen LogP contribution in [0.2, 0.25) is 0 Å². The first-order chi connectivity index (χ1) is 10.2. The summed E-state index contributed by atoms with van der Waals surface area (Å²) in [7, 11) is 0. The minimum Gasteiger partial charge on any atom is -0.396 e. The molecule has 0 fully saturated rings. The molecule has 0 spiro atoms. The molecule has 21 heavy (non-hydrogen) atoms. The molecule has 0 aliphatic carbocycles. The predicted octanol–water partition coefficient (Wildman–Crippen LogP) is 4.48. The van der Waals surface area contributed by atoms with E-state index in [9.17, 15) is 0 Å². The van der Waals surface area contributed by atoms with E-state index in [0.29, 0.717) is 18.6 Å². The van der Waals surface area contributed by atoms with Crippen LogP contribution in [0.3, 0.4) is 0 Å². The van der Waals surface area contributed by atoms with Crippen LogP contribution in [0.15, 0.2) is 24.3 Å². The fraction of sp³-hybridized carbons (Fsp3) is 0.684. The van der Waals surface area contributed by atoms with E-state index in [1.165, 1.54) is 43.2 Å². The van der Waals surface area contributed by atoms with Gasteiger partial charge in [0.05, 0.1) is 0 Å². The number of aryl methyl sites for hydroxylation is 1. The molecule has 0 radical (unpaired) electrons. The van der Waals surface area contributed by atoms with Gasteiger partial charge in [0.2, 0.25) is 0 Å². The van der Waals surface area contributed by atoms with Crippen LogP contribution in [0.4, 0.5) is 0 Å². The Morgan fingerprint density at radius 1 is 1.05 bits per heavy atom. The Balaban J connectivity index is 2.44. The molecule has 0 saturated carbocycles. The maximum absolute atomic E-state index is 9.12. The molecule has 1 rings (SSSR count). The summed E-state index contributed by atoms with van der Waals surface area (Å²) in [6.45, 7) is 7.96. The average molecular weight is 291 g/mol. The van der Waals surface area contributed by atoms with Crippen LogP contribution in [0, 0.1) is 5.92 Å². The quantitative estimate of drug-likeness (QED) is 0.630. The zero-order valence-corrected chi connectivity index (χ0v) is 14.1. The molecule has 2 heteroatoms. The van der Waals surface area contributed by atoms with Crippen molar-refractivity contribution in [2.24, 2.45) is 5.92 Å². The van der Waals surface area contributed by atoms with Crippen LogP contribution in [0.25, 0.3) is 0 Å². The second-order valence-electron chi connectivity index (χ2n) is 6.14. The van der Waals surface area contributed by atoms with Gasteiger partial charge in [0, 0.05) is 12.6 Å². The van der Waals surface area contributed by atoms with Crippen molar-refractivity contribution in [3.05, 3.63) is 35.4 Å². The summed E-state index contributed by atoms with van der Waals surface area (Å²) < 4.78 is 0. The molecule has 2 atom stereocenters. The molecule has 0 aromatic heterocycles. The molecule has 0 amide bonds. The Bertz CT molecular complexity index is 354. The summed E-state index contributed by atoms with van der Waals surface area (Å²) in [5.41, 5.74) is 2.80. The SMILES string of the molecule is CCCCc1ccc(C(C)NCC(CCC)CCO)cc1. The Kier molecular flexibility index (Phi) is 9.36. The van der Waals surface area contributed by atoms with Crippen LogP contribution in [0.5, 0.6) is 0 Å². The normalized spacial score (nSPS) is 14.1. The van der Waals surface area contributed by atoms with Crippen molar-refractivity contribution >= 4 is 0 Å². The lowest BCUT2D eigenvalue weighted by Crippen LogP contribution is -2.26. The molecule has 0 saturated heterocycles. The van der Waals surface area contributed by atoms with Crippen LogP contribution in [-0.4, -0.2) is 18.3 Å². The third kappa shape index (κ3) is 7.10. The second-order valence-corrected chi connectivity index (χ2v) is 6.14. The molecular weight excluding hydrogens is 258 g/mol. The molecule has 0 aliphatic heterocycles. The highest BCUT2D eigenvalue weighted by Gasteiger charge is 2.10. The van der Waals surface area contributed by atoms with Gasteiger partial charge >= 0.3 is 0 Å². The fourth-order valence-corrected chi connectivity index (χ4v) is 2.75. The average Bonchev–Trinajstić information content (AvgIpc) is 2.51. The summed E-state index contributed by atoms with van der Waals surface area (Å²) in [6, 6.07) is 9.41. The van der Waals surface area contributed by atoms with Gasteiger partial charge in [0.15, 0.2) is 0 Å². The number of hydrogen-bond acceptors (Lipinski definition) is 2. The highest BCUT2D eigenvalue weighted by Crippen LogP contribution is 2.16. The van der Waals surface area contributed by atoms with Gasteiger partial charge < -0.3 is 10.4 Å². The number of hydrogen-bond donors (Lipinski definition) is 2. The van der Waals surface area contributed by atoms with Crippen molar-refractivity contribution in [2.75, 3.05) is 13.2 Å². The zero-order valence-electron chi connectivity index (χ0n) is 14.1. The van der Waals surface area contributed by atoms with Gasteiger partial charge in [-0.15, -0.1) is 0 Å². The van der Waals surface area contributed by atoms with Crippen LogP contribution in [-0.2, 0) is 6.42 Å². The minimum atomic E-state index is 0.298. The third-order valence-electron chi connectivity index (χ3n) is 4.25. The van der Waals surface area contributed by atoms with Gasteiger partial charge in [-0.25, -0.2) is 0 Å². The third-order valence-corrected chi connectivity index (χ3v) is 4.25. The summed E-state index contributed by atoms with van der Waals surface area (Å²) in [5.74, 6) is 0.589. The maximum atomic E-state index is 9.12. The lowest BCUT2D eigenvalue weighted by atomic mass is 9.98. The molecule has 0 bridgehead atoms. The Hall–Kier alpha value is -0.860. The lowest BCUT2D eigenvalue weighted by molar-refractivity contribution is 0.246. The molecule has 2 nitrogen and oxygen atoms in total. The first-order valence-electron chi connectivity index (χ1n) is 8.64. The Morgan fingerprint density at radius 2 is 1.76 bits per heavy atom. The fourth-order valence-electron chi connectivity index (χ4n) is 2.75. The second kappa shape index (κ2) is 10.8. The van der Waals surface area contributed by atoms with Crippen molar-refractivity contribution in [2.45, 2.75) is 65.3 Å². The van der Waals surface area contributed by atoms with Gasteiger partial charge in [-0.05, 0) is 56.2 Å². The summed E-state index contributed by atoms with van der Waals surface area (Å²) in [4.78, 5) is 0. The molecule has 0 aliphatic rings. The van der Waals surface area contributed by atoms with E-state index in [1.54, 1.807) is 0 Å². The number of rotatable bonds is 11. The molecule has 1 aromatic rings. The predicted molar refractivity (Wildman–Crippen MR) is 91.6 cm³/mol.